The molecule has 5 nitrogen and oxygen atoms in total. The van der Waals surface area contributed by atoms with Gasteiger partial charge < -0.3 is 5.73 Å². The Kier molecular flexibility index (Phi) is 4.79. The Hall–Kier alpha value is -2.43. The summed E-state index contributed by atoms with van der Waals surface area (Å²) in [5, 5.41) is 5.20. The zero-order valence-corrected chi connectivity index (χ0v) is 14.2. The lowest BCUT2D eigenvalue weighted by Gasteiger charge is -2.13. The number of anilines is 1. The third kappa shape index (κ3) is 2.86. The van der Waals surface area contributed by atoms with Crippen LogP contribution in [0.25, 0.3) is 17.1 Å². The Bertz CT molecular complexity index is 803. The van der Waals surface area contributed by atoms with Gasteiger partial charge in [-0.3, -0.25) is 4.79 Å². The lowest BCUT2D eigenvalue weighted by Crippen LogP contribution is -2.16. The summed E-state index contributed by atoms with van der Waals surface area (Å²) >= 11 is 0. The van der Waals surface area contributed by atoms with Gasteiger partial charge >= 0.3 is 0 Å². The quantitative estimate of drug-likeness (QED) is 0.644. The number of aryl methyl sites for hydroxylation is 1. The molecule has 1 aliphatic rings. The van der Waals surface area contributed by atoms with E-state index in [2.05, 4.69) is 18.6 Å². The Labute approximate surface area is 142 Å². The first kappa shape index (κ1) is 16.4. The van der Waals surface area contributed by atoms with Crippen LogP contribution in [-0.4, -0.2) is 20.5 Å². The molecule has 0 fully saturated rings. The molecule has 0 spiro atoms. The molecule has 0 bridgehead atoms. The van der Waals surface area contributed by atoms with E-state index in [9.17, 15) is 4.79 Å². The molecule has 0 amide bonds. The minimum absolute atomic E-state index is 0.0560. The van der Waals surface area contributed by atoms with Gasteiger partial charge in [0.05, 0.1) is 28.5 Å². The Morgan fingerprint density at radius 3 is 3.04 bits per heavy atom. The van der Waals surface area contributed by atoms with Gasteiger partial charge in [0.25, 0.3) is 0 Å². The second kappa shape index (κ2) is 6.99. The van der Waals surface area contributed by atoms with Crippen LogP contribution in [-0.2, 0) is 6.54 Å². The average Bonchev–Trinajstić information content (AvgIpc) is 2.90. The van der Waals surface area contributed by atoms with Crippen molar-refractivity contribution in [1.82, 2.24) is 14.8 Å². The lowest BCUT2D eigenvalue weighted by molar-refractivity contribution is 0.0923. The average molecular weight is 324 g/mol. The number of nitrogens with two attached hydrogens (primary N) is 1. The van der Waals surface area contributed by atoms with Crippen molar-refractivity contribution in [1.29, 1.82) is 0 Å². The number of nitrogen functional groups attached to an aromatic ring is 1. The minimum Gasteiger partial charge on any atom is -0.397 e. The van der Waals surface area contributed by atoms with E-state index in [1.165, 1.54) is 0 Å². The molecule has 5 heteroatoms. The van der Waals surface area contributed by atoms with Crippen LogP contribution in [0.4, 0.5) is 5.69 Å². The molecular weight excluding hydrogens is 300 g/mol. The molecule has 0 aliphatic heterocycles. The van der Waals surface area contributed by atoms with Crippen molar-refractivity contribution >= 4 is 28.6 Å². The van der Waals surface area contributed by atoms with E-state index in [-0.39, 0.29) is 11.7 Å². The molecule has 2 heterocycles. The summed E-state index contributed by atoms with van der Waals surface area (Å²) in [4.78, 5) is 17.6. The minimum atomic E-state index is -0.110. The van der Waals surface area contributed by atoms with Crippen LogP contribution in [0.2, 0.25) is 0 Å². The maximum Gasteiger partial charge on any atom is 0.170 e. The molecule has 0 aromatic carbocycles. The summed E-state index contributed by atoms with van der Waals surface area (Å²) < 4.78 is 1.89. The molecule has 1 atom stereocenters. The van der Waals surface area contributed by atoms with Gasteiger partial charge in [-0.2, -0.15) is 5.10 Å². The van der Waals surface area contributed by atoms with E-state index in [0.29, 0.717) is 29.8 Å². The Morgan fingerprint density at radius 2 is 2.29 bits per heavy atom. The van der Waals surface area contributed by atoms with Crippen molar-refractivity contribution in [3.63, 3.8) is 0 Å². The fourth-order valence-electron chi connectivity index (χ4n) is 3.24. The number of allylic oxidation sites excluding steroid dienone is 2. The number of fused-ring (bicyclic) bond motifs is 2. The van der Waals surface area contributed by atoms with E-state index in [4.69, 9.17) is 10.7 Å². The summed E-state index contributed by atoms with van der Waals surface area (Å²) in [6, 6.07) is 0. The summed E-state index contributed by atoms with van der Waals surface area (Å²) in [6.45, 7) is 6.74. The van der Waals surface area contributed by atoms with Crippen LogP contribution in [0.3, 0.4) is 0 Å². The fourth-order valence-corrected chi connectivity index (χ4v) is 3.24. The highest BCUT2D eigenvalue weighted by atomic mass is 16.1. The number of hydrogen-bond donors (Lipinski definition) is 1. The zero-order chi connectivity index (χ0) is 17.1. The predicted octanol–water partition coefficient (Wildman–Crippen LogP) is 4.00. The second-order valence-corrected chi connectivity index (χ2v) is 6.32. The van der Waals surface area contributed by atoms with Crippen molar-refractivity contribution in [3.05, 3.63) is 36.2 Å². The molecule has 126 valence electrons. The van der Waals surface area contributed by atoms with Crippen LogP contribution in [0.1, 0.15) is 55.1 Å². The number of pyridine rings is 1. The number of ketones is 1. The van der Waals surface area contributed by atoms with E-state index < -0.39 is 0 Å². The van der Waals surface area contributed by atoms with Crippen molar-refractivity contribution < 1.29 is 4.79 Å². The number of nitrogens with zero attached hydrogens (tertiary/aromatic N) is 3. The molecule has 0 saturated heterocycles. The highest BCUT2D eigenvalue weighted by Gasteiger charge is 2.27. The van der Waals surface area contributed by atoms with Crippen LogP contribution in [0, 0.1) is 5.92 Å². The third-order valence-corrected chi connectivity index (χ3v) is 4.59. The summed E-state index contributed by atoms with van der Waals surface area (Å²) in [7, 11) is 0. The van der Waals surface area contributed by atoms with E-state index in [0.717, 1.165) is 36.8 Å². The van der Waals surface area contributed by atoms with Gasteiger partial charge in [0, 0.05) is 12.5 Å². The number of carbonyl (C=O) groups excluding carboxylic acids is 1. The summed E-state index contributed by atoms with van der Waals surface area (Å²) in [5.74, 6) is -0.0540. The first-order valence-electron chi connectivity index (χ1n) is 8.64. The molecule has 2 aromatic heterocycles. The normalized spacial score (nSPS) is 17.0. The monoisotopic (exact) mass is 324 g/mol. The highest BCUT2D eigenvalue weighted by Crippen LogP contribution is 2.32. The molecule has 0 saturated carbocycles. The molecule has 0 radical (unpaired) electrons. The number of unbranched alkanes of at least 4 members (excludes halogenated alkanes) is 2. The number of Topliss-reactive ketones (excluding diaryl/α,β-unsaturated/α-hetero) is 1. The second-order valence-electron chi connectivity index (χ2n) is 6.32. The molecule has 2 N–H and O–H groups in total. The van der Waals surface area contributed by atoms with Crippen molar-refractivity contribution in [2.75, 3.05) is 5.73 Å². The first-order chi connectivity index (χ1) is 11.7. The fraction of sp³-hybridized carbons (Fsp3) is 0.421. The molecule has 24 heavy (non-hydrogen) atoms. The number of aromatic nitrogens is 3. The van der Waals surface area contributed by atoms with E-state index in [1.54, 1.807) is 12.3 Å². The SMILES string of the molecule is C=CCC1CC=Cc2nc3c(cnn3CCCCC)c(N)c2C1=O. The number of carbonyl (C=O) groups is 1. The topological polar surface area (TPSA) is 73.8 Å². The van der Waals surface area contributed by atoms with Gasteiger partial charge in [-0.15, -0.1) is 6.58 Å². The van der Waals surface area contributed by atoms with Crippen LogP contribution in [0.5, 0.6) is 0 Å². The standard InChI is InChI=1S/C19H24N4O/c1-3-5-6-11-23-19-14(12-21-23)17(20)16-15(22-19)10-7-9-13(8-4-2)18(16)24/h4,7,10,12-13H,2-3,5-6,8-9,11H2,1H3,(H2,20,22). The first-order valence-corrected chi connectivity index (χ1v) is 8.64. The highest BCUT2D eigenvalue weighted by molar-refractivity contribution is 6.10. The lowest BCUT2D eigenvalue weighted by atomic mass is 9.92. The largest absolute Gasteiger partial charge is 0.397 e. The predicted molar refractivity (Wildman–Crippen MR) is 97.8 cm³/mol. The Balaban J connectivity index is 2.06. The van der Waals surface area contributed by atoms with Gasteiger partial charge in [-0.05, 0) is 25.3 Å². The van der Waals surface area contributed by atoms with Crippen molar-refractivity contribution in [2.24, 2.45) is 5.92 Å². The van der Waals surface area contributed by atoms with Gasteiger partial charge in [-0.1, -0.05) is 31.9 Å². The third-order valence-electron chi connectivity index (χ3n) is 4.59. The van der Waals surface area contributed by atoms with Crippen LogP contribution < -0.4 is 5.73 Å². The summed E-state index contributed by atoms with van der Waals surface area (Å²) in [5.41, 5.74) is 8.82. The molecular formula is C19H24N4O. The maximum absolute atomic E-state index is 12.9. The van der Waals surface area contributed by atoms with E-state index in [1.807, 2.05) is 16.8 Å². The zero-order valence-electron chi connectivity index (χ0n) is 14.2. The van der Waals surface area contributed by atoms with Gasteiger partial charge in [-0.25, -0.2) is 9.67 Å². The van der Waals surface area contributed by atoms with Crippen molar-refractivity contribution in [3.8, 4) is 0 Å². The molecule has 1 unspecified atom stereocenters. The Morgan fingerprint density at radius 1 is 1.46 bits per heavy atom. The summed E-state index contributed by atoms with van der Waals surface area (Å²) in [6.07, 6.45) is 12.2. The van der Waals surface area contributed by atoms with Crippen LogP contribution >= 0.6 is 0 Å². The van der Waals surface area contributed by atoms with Crippen LogP contribution in [0.15, 0.2) is 24.9 Å². The molecule has 3 rings (SSSR count). The number of rotatable bonds is 6. The molecule has 2 aromatic rings. The smallest absolute Gasteiger partial charge is 0.170 e. The van der Waals surface area contributed by atoms with Crippen molar-refractivity contribution in [2.45, 2.75) is 45.6 Å². The molecule has 1 aliphatic carbocycles. The number of hydrogen-bond acceptors (Lipinski definition) is 4. The van der Waals surface area contributed by atoms with E-state index >= 15 is 0 Å². The van der Waals surface area contributed by atoms with Gasteiger partial charge in [0.1, 0.15) is 0 Å². The van der Waals surface area contributed by atoms with Gasteiger partial charge in [0.15, 0.2) is 11.4 Å². The van der Waals surface area contributed by atoms with Gasteiger partial charge in [0.2, 0.25) is 0 Å². The maximum atomic E-state index is 12.9.